The maximum Gasteiger partial charge on any atom is 0.408 e. The zero-order valence-corrected chi connectivity index (χ0v) is 9.94. The summed E-state index contributed by atoms with van der Waals surface area (Å²) in [6, 6.07) is -0.812. The average Bonchev–Trinajstić information content (AvgIpc) is 2.23. The number of amides is 2. The molecule has 1 aliphatic heterocycles. The Hall–Kier alpha value is -1.83. The van der Waals surface area contributed by atoms with Crippen LogP contribution in [-0.2, 0) is 9.59 Å². The second-order valence-electron chi connectivity index (χ2n) is 4.19. The molecule has 1 saturated heterocycles. The first kappa shape index (κ1) is 14.2. The Morgan fingerprint density at radius 2 is 2.00 bits per heavy atom. The molecular weight excluding hydrogens is 244 g/mol. The van der Waals surface area contributed by atoms with E-state index in [2.05, 4.69) is 0 Å². The molecule has 8 nitrogen and oxygen atoms in total. The van der Waals surface area contributed by atoms with E-state index in [4.69, 9.17) is 10.2 Å². The van der Waals surface area contributed by atoms with Gasteiger partial charge in [0.2, 0.25) is 5.91 Å². The molecule has 2 atom stereocenters. The van der Waals surface area contributed by atoms with Gasteiger partial charge in [-0.1, -0.05) is 0 Å². The fourth-order valence-corrected chi connectivity index (χ4v) is 1.89. The van der Waals surface area contributed by atoms with E-state index in [9.17, 15) is 19.5 Å². The summed E-state index contributed by atoms with van der Waals surface area (Å²) >= 11 is 0. The summed E-state index contributed by atoms with van der Waals surface area (Å²) in [6.45, 7) is 1.68. The second kappa shape index (κ2) is 5.67. The molecule has 0 bridgehead atoms. The van der Waals surface area contributed by atoms with Crippen molar-refractivity contribution in [1.82, 2.24) is 9.80 Å². The van der Waals surface area contributed by atoms with E-state index in [1.165, 1.54) is 11.8 Å². The Labute approximate surface area is 103 Å². The molecule has 0 aromatic heterocycles. The zero-order valence-electron chi connectivity index (χ0n) is 9.94. The van der Waals surface area contributed by atoms with E-state index in [1.807, 2.05) is 0 Å². The van der Waals surface area contributed by atoms with Crippen molar-refractivity contribution in [2.45, 2.75) is 25.5 Å². The van der Waals surface area contributed by atoms with Crippen LogP contribution in [0.3, 0.4) is 0 Å². The summed E-state index contributed by atoms with van der Waals surface area (Å²) in [5.41, 5.74) is 0. The molecule has 1 aliphatic rings. The minimum Gasteiger partial charge on any atom is -0.481 e. The number of piperazine rings is 1. The Morgan fingerprint density at radius 1 is 1.39 bits per heavy atom. The Kier molecular flexibility index (Phi) is 4.49. The molecule has 0 spiro atoms. The highest BCUT2D eigenvalue weighted by Gasteiger charge is 2.34. The van der Waals surface area contributed by atoms with Crippen LogP contribution < -0.4 is 0 Å². The van der Waals surface area contributed by atoms with Crippen LogP contribution in [0.15, 0.2) is 0 Å². The molecule has 18 heavy (non-hydrogen) atoms. The Morgan fingerprint density at radius 3 is 2.50 bits per heavy atom. The van der Waals surface area contributed by atoms with Gasteiger partial charge in [-0.15, -0.1) is 0 Å². The topological polar surface area (TPSA) is 118 Å². The van der Waals surface area contributed by atoms with E-state index in [0.717, 1.165) is 4.90 Å². The van der Waals surface area contributed by atoms with Crippen molar-refractivity contribution in [2.75, 3.05) is 19.6 Å². The van der Waals surface area contributed by atoms with Gasteiger partial charge in [0, 0.05) is 19.6 Å². The highest BCUT2D eigenvalue weighted by atomic mass is 16.4. The monoisotopic (exact) mass is 260 g/mol. The fraction of sp³-hybridized carbons (Fsp3) is 0.700. The lowest BCUT2D eigenvalue weighted by molar-refractivity contribution is -0.145. The molecule has 1 fully saturated rings. The number of hydrogen-bond donors (Lipinski definition) is 3. The molecule has 0 aromatic carbocycles. The van der Waals surface area contributed by atoms with Crippen molar-refractivity contribution in [2.24, 2.45) is 0 Å². The summed E-state index contributed by atoms with van der Waals surface area (Å²) in [7, 11) is 0. The van der Waals surface area contributed by atoms with Crippen molar-refractivity contribution in [3.05, 3.63) is 0 Å². The van der Waals surface area contributed by atoms with Gasteiger partial charge in [-0.2, -0.15) is 0 Å². The van der Waals surface area contributed by atoms with E-state index in [-0.39, 0.29) is 19.6 Å². The van der Waals surface area contributed by atoms with Gasteiger partial charge < -0.3 is 20.2 Å². The first-order valence-electron chi connectivity index (χ1n) is 5.51. The van der Waals surface area contributed by atoms with Gasteiger partial charge in [-0.25, -0.2) is 4.79 Å². The van der Waals surface area contributed by atoms with Gasteiger partial charge in [0.1, 0.15) is 6.04 Å². The Bertz CT molecular complexity index is 358. The third kappa shape index (κ3) is 3.33. The van der Waals surface area contributed by atoms with Gasteiger partial charge in [0.05, 0.1) is 12.5 Å². The van der Waals surface area contributed by atoms with Gasteiger partial charge in [-0.3, -0.25) is 14.5 Å². The van der Waals surface area contributed by atoms with Crippen molar-refractivity contribution in [3.8, 4) is 0 Å². The third-order valence-electron chi connectivity index (χ3n) is 2.83. The summed E-state index contributed by atoms with van der Waals surface area (Å²) < 4.78 is 0. The number of aliphatic carboxylic acids is 1. The van der Waals surface area contributed by atoms with Crippen LogP contribution in [0.4, 0.5) is 4.79 Å². The second-order valence-corrected chi connectivity index (χ2v) is 4.19. The molecule has 0 saturated carbocycles. The minimum absolute atomic E-state index is 0.0943. The molecule has 1 rings (SSSR count). The standard InChI is InChI=1S/C10H16N2O6/c1-6-9(16)11(2-3-12(6)10(17)18)5-7(13)4-8(14)15/h6-7,13H,2-5H2,1H3,(H,14,15)(H,17,18)/t6-,7?/m0/s1. The van der Waals surface area contributed by atoms with Gasteiger partial charge in [0.15, 0.2) is 0 Å². The van der Waals surface area contributed by atoms with Crippen molar-refractivity contribution >= 4 is 18.0 Å². The number of carbonyl (C=O) groups excluding carboxylic acids is 1. The number of rotatable bonds is 4. The summed E-state index contributed by atoms with van der Waals surface area (Å²) in [6.07, 6.45) is -2.75. The summed E-state index contributed by atoms with van der Waals surface area (Å²) in [5.74, 6) is -1.57. The number of β-amino-alcohol motifs (C(OH)–C–C–N with tert-alkyl or cyclic N) is 1. The molecule has 2 amide bonds. The quantitative estimate of drug-likeness (QED) is 0.598. The third-order valence-corrected chi connectivity index (χ3v) is 2.83. The summed E-state index contributed by atoms with van der Waals surface area (Å²) in [5, 5.41) is 26.8. The zero-order chi connectivity index (χ0) is 13.9. The SMILES string of the molecule is C[C@H]1C(=O)N(CC(O)CC(=O)O)CCN1C(=O)O. The number of carboxylic acid groups (broad SMARTS) is 2. The average molecular weight is 260 g/mol. The van der Waals surface area contributed by atoms with Crippen LogP contribution in [0, 0.1) is 0 Å². The Balaban J connectivity index is 2.58. The lowest BCUT2D eigenvalue weighted by Gasteiger charge is -2.38. The van der Waals surface area contributed by atoms with Crippen molar-refractivity contribution in [3.63, 3.8) is 0 Å². The maximum absolute atomic E-state index is 11.8. The van der Waals surface area contributed by atoms with Crippen molar-refractivity contribution < 1.29 is 29.7 Å². The predicted octanol–water partition coefficient (Wildman–Crippen LogP) is -0.967. The van der Waals surface area contributed by atoms with Crippen molar-refractivity contribution in [1.29, 1.82) is 0 Å². The largest absolute Gasteiger partial charge is 0.481 e. The molecule has 0 radical (unpaired) electrons. The molecule has 1 heterocycles. The first-order chi connectivity index (χ1) is 8.32. The van der Waals surface area contributed by atoms with E-state index >= 15 is 0 Å². The summed E-state index contributed by atoms with van der Waals surface area (Å²) in [4.78, 5) is 35.3. The van der Waals surface area contributed by atoms with Crippen LogP contribution in [0.2, 0.25) is 0 Å². The van der Waals surface area contributed by atoms with Crippen LogP contribution in [-0.4, -0.2) is 74.9 Å². The fourth-order valence-electron chi connectivity index (χ4n) is 1.89. The molecule has 3 N–H and O–H groups in total. The lowest BCUT2D eigenvalue weighted by Crippen LogP contribution is -2.58. The van der Waals surface area contributed by atoms with Gasteiger partial charge >= 0.3 is 12.1 Å². The molecule has 1 unspecified atom stereocenters. The number of hydrogen-bond acceptors (Lipinski definition) is 4. The van der Waals surface area contributed by atoms with E-state index in [0.29, 0.717) is 0 Å². The highest BCUT2D eigenvalue weighted by molar-refractivity contribution is 5.86. The molecular formula is C10H16N2O6. The number of aliphatic hydroxyl groups is 1. The van der Waals surface area contributed by atoms with Gasteiger partial charge in [0.25, 0.3) is 0 Å². The molecule has 102 valence electrons. The minimum atomic E-state index is -1.17. The van der Waals surface area contributed by atoms with E-state index in [1.54, 1.807) is 0 Å². The van der Waals surface area contributed by atoms with Crippen LogP contribution in [0.25, 0.3) is 0 Å². The molecule has 8 heteroatoms. The van der Waals surface area contributed by atoms with E-state index < -0.39 is 36.5 Å². The first-order valence-corrected chi connectivity index (χ1v) is 5.51. The number of nitrogens with zero attached hydrogens (tertiary/aromatic N) is 2. The normalized spacial score (nSPS) is 21.9. The lowest BCUT2D eigenvalue weighted by atomic mass is 10.1. The van der Waals surface area contributed by atoms with Crippen LogP contribution in [0.5, 0.6) is 0 Å². The highest BCUT2D eigenvalue weighted by Crippen LogP contribution is 2.12. The number of aliphatic hydroxyl groups excluding tert-OH is 1. The van der Waals surface area contributed by atoms with Gasteiger partial charge in [-0.05, 0) is 6.92 Å². The predicted molar refractivity (Wildman–Crippen MR) is 59.0 cm³/mol. The van der Waals surface area contributed by atoms with Crippen LogP contribution >= 0.6 is 0 Å². The molecule has 0 aliphatic carbocycles. The maximum atomic E-state index is 11.8. The smallest absolute Gasteiger partial charge is 0.408 e. The number of carbonyl (C=O) groups is 3. The molecule has 0 aromatic rings. The van der Waals surface area contributed by atoms with Crippen LogP contribution in [0.1, 0.15) is 13.3 Å². The number of carboxylic acids is 1.